The van der Waals surface area contributed by atoms with E-state index in [2.05, 4.69) is 45.3 Å². The molecule has 2 nitrogen and oxygen atoms in total. The fraction of sp³-hybridized carbons (Fsp3) is 0.357. The molecular weight excluding hydrogens is 344 g/mol. The number of rotatable bonds is 6. The highest BCUT2D eigenvalue weighted by atomic mass is 79.9. The molecule has 0 aliphatic heterocycles. The number of hydrogen-bond acceptors (Lipinski definition) is 3. The van der Waals surface area contributed by atoms with Crippen LogP contribution in [0.3, 0.4) is 0 Å². The van der Waals surface area contributed by atoms with E-state index in [-0.39, 0.29) is 6.04 Å². The first-order valence-electron chi connectivity index (χ1n) is 6.28. The van der Waals surface area contributed by atoms with Crippen LogP contribution in [-0.4, -0.2) is 11.5 Å². The molecule has 0 amide bonds. The highest BCUT2D eigenvalue weighted by Crippen LogP contribution is 2.26. The molecule has 0 radical (unpaired) electrons. The van der Waals surface area contributed by atoms with E-state index in [1.165, 1.54) is 8.66 Å². The summed E-state index contributed by atoms with van der Waals surface area (Å²) in [5.41, 5.74) is 1.04. The van der Waals surface area contributed by atoms with Crippen LogP contribution in [0.5, 0.6) is 0 Å². The van der Waals surface area contributed by atoms with Crippen molar-refractivity contribution in [2.24, 2.45) is 0 Å². The number of thiophene rings is 1. The molecular formula is C14H16BrClN2S. The maximum atomic E-state index is 5.90. The van der Waals surface area contributed by atoms with Crippen LogP contribution >= 0.6 is 38.9 Å². The summed E-state index contributed by atoms with van der Waals surface area (Å²) < 4.78 is 1.17. The second-order valence-corrected chi connectivity index (χ2v) is 7.30. The molecule has 0 saturated carbocycles. The topological polar surface area (TPSA) is 24.9 Å². The lowest BCUT2D eigenvalue weighted by atomic mass is 10.1. The standard InChI is InChI=1S/C14H16BrClN2S/c1-2-7-17-13(8-11-4-6-14(15)19-11)12-5-3-10(16)9-18-12/h3-6,9,13,17H,2,7-8H2,1H3. The zero-order valence-electron chi connectivity index (χ0n) is 10.7. The number of aromatic nitrogens is 1. The minimum absolute atomic E-state index is 0.239. The van der Waals surface area contributed by atoms with Gasteiger partial charge in [0.2, 0.25) is 0 Å². The number of pyridine rings is 1. The van der Waals surface area contributed by atoms with Crippen LogP contribution in [0.25, 0.3) is 0 Å². The Hall–Kier alpha value is -0.420. The molecule has 2 rings (SSSR count). The maximum Gasteiger partial charge on any atom is 0.0701 e. The van der Waals surface area contributed by atoms with Gasteiger partial charge in [0.05, 0.1) is 20.5 Å². The van der Waals surface area contributed by atoms with Gasteiger partial charge in [0, 0.05) is 17.5 Å². The second kappa shape index (κ2) is 7.39. The molecule has 0 aliphatic carbocycles. The second-order valence-electron chi connectivity index (χ2n) is 4.32. The average Bonchev–Trinajstić information content (AvgIpc) is 2.81. The minimum Gasteiger partial charge on any atom is -0.308 e. The molecule has 1 N–H and O–H groups in total. The molecule has 19 heavy (non-hydrogen) atoms. The monoisotopic (exact) mass is 358 g/mol. The van der Waals surface area contributed by atoms with Crippen molar-refractivity contribution in [2.75, 3.05) is 6.54 Å². The molecule has 0 spiro atoms. The first-order valence-corrected chi connectivity index (χ1v) is 8.27. The molecule has 0 saturated heterocycles. The van der Waals surface area contributed by atoms with E-state index in [1.807, 2.05) is 12.1 Å². The van der Waals surface area contributed by atoms with Gasteiger partial charge in [-0.15, -0.1) is 11.3 Å². The Morgan fingerprint density at radius 3 is 2.79 bits per heavy atom. The zero-order chi connectivity index (χ0) is 13.7. The Morgan fingerprint density at radius 2 is 2.21 bits per heavy atom. The molecule has 102 valence electrons. The van der Waals surface area contributed by atoms with Gasteiger partial charge in [-0.25, -0.2) is 0 Å². The molecule has 2 aromatic heterocycles. The maximum absolute atomic E-state index is 5.90. The van der Waals surface area contributed by atoms with Gasteiger partial charge in [-0.1, -0.05) is 18.5 Å². The lowest BCUT2D eigenvalue weighted by molar-refractivity contribution is 0.521. The van der Waals surface area contributed by atoms with E-state index in [9.17, 15) is 0 Å². The number of hydrogen-bond donors (Lipinski definition) is 1. The molecule has 2 heterocycles. The molecule has 1 unspecified atom stereocenters. The molecule has 0 aliphatic rings. The van der Waals surface area contributed by atoms with Crippen molar-refractivity contribution in [3.8, 4) is 0 Å². The Balaban J connectivity index is 2.13. The fourth-order valence-electron chi connectivity index (χ4n) is 1.86. The van der Waals surface area contributed by atoms with Crippen molar-refractivity contribution < 1.29 is 0 Å². The van der Waals surface area contributed by atoms with Gasteiger partial charge in [0.15, 0.2) is 0 Å². The van der Waals surface area contributed by atoms with Crippen LogP contribution in [0.1, 0.15) is 30.0 Å². The highest BCUT2D eigenvalue weighted by molar-refractivity contribution is 9.11. The van der Waals surface area contributed by atoms with E-state index < -0.39 is 0 Å². The fourth-order valence-corrected chi connectivity index (χ4v) is 3.50. The molecule has 0 aromatic carbocycles. The van der Waals surface area contributed by atoms with Crippen molar-refractivity contribution in [1.29, 1.82) is 0 Å². The van der Waals surface area contributed by atoms with Crippen molar-refractivity contribution in [2.45, 2.75) is 25.8 Å². The minimum atomic E-state index is 0.239. The lowest BCUT2D eigenvalue weighted by Crippen LogP contribution is -2.24. The molecule has 5 heteroatoms. The third-order valence-corrected chi connectivity index (χ3v) is 4.65. The summed E-state index contributed by atoms with van der Waals surface area (Å²) in [7, 11) is 0. The van der Waals surface area contributed by atoms with E-state index in [0.29, 0.717) is 5.02 Å². The summed E-state index contributed by atoms with van der Waals surface area (Å²) in [6, 6.07) is 8.38. The average molecular weight is 360 g/mol. The smallest absolute Gasteiger partial charge is 0.0701 e. The number of nitrogens with one attached hydrogen (secondary N) is 1. The van der Waals surface area contributed by atoms with Crippen LogP contribution in [0.15, 0.2) is 34.2 Å². The highest BCUT2D eigenvalue weighted by Gasteiger charge is 2.14. The predicted octanol–water partition coefficient (Wildman–Crippen LogP) is 4.84. The van der Waals surface area contributed by atoms with Crippen LogP contribution in [0, 0.1) is 0 Å². The molecule has 1 atom stereocenters. The van der Waals surface area contributed by atoms with E-state index >= 15 is 0 Å². The van der Waals surface area contributed by atoms with Gasteiger partial charge in [0.25, 0.3) is 0 Å². The Labute approximate surface area is 131 Å². The van der Waals surface area contributed by atoms with Crippen molar-refractivity contribution >= 4 is 38.9 Å². The third-order valence-electron chi connectivity index (χ3n) is 2.78. The first kappa shape index (κ1) is 15.0. The molecule has 0 bridgehead atoms. The Kier molecular flexibility index (Phi) is 5.82. The zero-order valence-corrected chi connectivity index (χ0v) is 13.9. The number of halogens is 2. The van der Waals surface area contributed by atoms with Crippen molar-refractivity contribution in [1.82, 2.24) is 10.3 Å². The molecule has 0 fully saturated rings. The number of nitrogens with zero attached hydrogens (tertiary/aromatic N) is 1. The Bertz CT molecular complexity index is 512. The summed E-state index contributed by atoms with van der Waals surface area (Å²) >= 11 is 11.2. The van der Waals surface area contributed by atoms with E-state index in [4.69, 9.17) is 11.6 Å². The van der Waals surface area contributed by atoms with Crippen LogP contribution in [0.2, 0.25) is 5.02 Å². The molecule has 2 aromatic rings. The van der Waals surface area contributed by atoms with E-state index in [0.717, 1.165) is 25.1 Å². The lowest BCUT2D eigenvalue weighted by Gasteiger charge is -2.17. The van der Waals surface area contributed by atoms with Crippen molar-refractivity contribution in [3.05, 3.63) is 49.8 Å². The van der Waals surface area contributed by atoms with Gasteiger partial charge in [-0.05, 0) is 53.2 Å². The van der Waals surface area contributed by atoms with Gasteiger partial charge >= 0.3 is 0 Å². The predicted molar refractivity (Wildman–Crippen MR) is 86.0 cm³/mol. The summed E-state index contributed by atoms with van der Waals surface area (Å²) in [6.07, 6.45) is 3.77. The van der Waals surface area contributed by atoms with Gasteiger partial charge in [-0.2, -0.15) is 0 Å². The Morgan fingerprint density at radius 1 is 1.37 bits per heavy atom. The SMILES string of the molecule is CCCNC(Cc1ccc(Br)s1)c1ccc(Cl)cn1. The third kappa shape index (κ3) is 4.56. The summed E-state index contributed by atoms with van der Waals surface area (Å²) in [5, 5.41) is 4.23. The first-order chi connectivity index (χ1) is 9.19. The van der Waals surface area contributed by atoms with Gasteiger partial charge in [0.1, 0.15) is 0 Å². The quantitative estimate of drug-likeness (QED) is 0.798. The van der Waals surface area contributed by atoms with Crippen LogP contribution in [0.4, 0.5) is 0 Å². The van der Waals surface area contributed by atoms with Gasteiger partial charge in [-0.3, -0.25) is 4.98 Å². The van der Waals surface area contributed by atoms with Gasteiger partial charge < -0.3 is 5.32 Å². The normalized spacial score (nSPS) is 12.6. The summed E-state index contributed by atoms with van der Waals surface area (Å²) in [5.74, 6) is 0. The van der Waals surface area contributed by atoms with Crippen LogP contribution in [-0.2, 0) is 6.42 Å². The largest absolute Gasteiger partial charge is 0.308 e. The summed E-state index contributed by atoms with van der Waals surface area (Å²) in [6.45, 7) is 3.16. The van der Waals surface area contributed by atoms with Crippen LogP contribution < -0.4 is 5.32 Å². The summed E-state index contributed by atoms with van der Waals surface area (Å²) in [4.78, 5) is 5.78. The van der Waals surface area contributed by atoms with E-state index in [1.54, 1.807) is 17.5 Å². The van der Waals surface area contributed by atoms with Crippen molar-refractivity contribution in [3.63, 3.8) is 0 Å².